The third-order valence-corrected chi connectivity index (χ3v) is 7.67. The molecule has 4 aromatic heterocycles. The average Bonchev–Trinajstić information content (AvgIpc) is 2.93. The molecule has 0 aromatic carbocycles. The van der Waals surface area contributed by atoms with Gasteiger partial charge in [-0.1, -0.05) is 19.9 Å². The second kappa shape index (κ2) is 12.1. The normalized spacial score (nSPS) is 17.4. The largest absolute Gasteiger partial charge is 0.396 e. The fraction of sp³-hybridized carbons (Fsp3) is 0.367. The molecule has 5 rings (SSSR count). The molecular weight excluding hydrogens is 508 g/mol. The zero-order valence-corrected chi connectivity index (χ0v) is 23.4. The lowest BCUT2D eigenvalue weighted by Gasteiger charge is -2.35. The molecule has 2 atom stereocenters. The number of aliphatic hydroxyl groups excluding tert-OH is 1. The van der Waals surface area contributed by atoms with Gasteiger partial charge in [-0.2, -0.15) is 0 Å². The monoisotopic (exact) mass is 542 g/mol. The van der Waals surface area contributed by atoms with Crippen molar-refractivity contribution in [2.45, 2.75) is 38.8 Å². The van der Waals surface area contributed by atoms with Crippen molar-refractivity contribution in [3.63, 3.8) is 0 Å². The Morgan fingerprint density at radius 1 is 1.05 bits per heavy atom. The molecule has 0 spiro atoms. The van der Waals surface area contributed by atoms with E-state index in [9.17, 15) is 4.79 Å². The van der Waals surface area contributed by atoms with Gasteiger partial charge < -0.3 is 15.3 Å². The number of carbonyl (C=O) groups excluding carboxylic acids is 1. The van der Waals surface area contributed by atoms with E-state index in [4.69, 9.17) is 15.1 Å². The molecule has 0 aliphatic carbocycles. The number of aryl methyl sites for hydroxylation is 1. The molecule has 39 heavy (non-hydrogen) atoms. The number of nitrogens with zero attached hydrogens (tertiary/aromatic N) is 5. The summed E-state index contributed by atoms with van der Waals surface area (Å²) in [5.74, 6) is 2.63. The van der Waals surface area contributed by atoms with E-state index in [0.29, 0.717) is 23.2 Å². The van der Waals surface area contributed by atoms with Crippen molar-refractivity contribution in [2.75, 3.05) is 30.3 Å². The zero-order chi connectivity index (χ0) is 27.4. The van der Waals surface area contributed by atoms with Gasteiger partial charge in [-0.15, -0.1) is 11.8 Å². The molecule has 1 aliphatic rings. The number of aliphatic hydroxyl groups is 1. The molecule has 5 heterocycles. The Morgan fingerprint density at radius 2 is 1.85 bits per heavy atom. The van der Waals surface area contributed by atoms with Crippen LogP contribution < -0.4 is 10.2 Å². The second-order valence-corrected chi connectivity index (χ2v) is 11.5. The van der Waals surface area contributed by atoms with E-state index in [-0.39, 0.29) is 19.1 Å². The highest BCUT2D eigenvalue weighted by molar-refractivity contribution is 7.99. The lowest BCUT2D eigenvalue weighted by atomic mass is 9.92. The van der Waals surface area contributed by atoms with Crippen LogP contribution in [0.25, 0.3) is 22.3 Å². The number of nitrogens with one attached hydrogen (secondary N) is 1. The van der Waals surface area contributed by atoms with E-state index in [1.54, 1.807) is 18.3 Å². The summed E-state index contributed by atoms with van der Waals surface area (Å²) < 4.78 is 0. The molecule has 1 saturated heterocycles. The maximum atomic E-state index is 12.8. The van der Waals surface area contributed by atoms with Crippen molar-refractivity contribution in [1.82, 2.24) is 25.3 Å². The Bertz CT molecular complexity index is 1470. The molecular formula is C30H34N6O2S. The number of carbonyl (C=O) groups is 1. The van der Waals surface area contributed by atoms with Gasteiger partial charge in [0.2, 0.25) is 0 Å². The smallest absolute Gasteiger partial charge is 0.251 e. The van der Waals surface area contributed by atoms with E-state index < -0.39 is 0 Å². The number of pyridine rings is 4. The third kappa shape index (κ3) is 6.72. The highest BCUT2D eigenvalue weighted by Gasteiger charge is 2.23. The van der Waals surface area contributed by atoms with E-state index in [0.717, 1.165) is 57.6 Å². The van der Waals surface area contributed by atoms with Crippen molar-refractivity contribution < 1.29 is 9.90 Å². The number of fused-ring (bicyclic) bond motifs is 1. The van der Waals surface area contributed by atoms with Crippen LogP contribution in [0.5, 0.6) is 0 Å². The number of hydrogen-bond acceptors (Lipinski definition) is 8. The number of amides is 1. The first-order valence-electron chi connectivity index (χ1n) is 13.4. The first-order chi connectivity index (χ1) is 18.9. The molecule has 1 fully saturated rings. The molecule has 4 aromatic rings. The van der Waals surface area contributed by atoms with Crippen molar-refractivity contribution in [3.8, 4) is 11.4 Å². The standard InChI is InChI=1S/C30H34N6O2S/c1-19-11-20(2)18-36(17-19)28-6-4-5-25(35-28)26-8-7-22-15-31-24(14-27(22)34-26)16-32-30(38)23-12-21(3)33-29(13-23)39-10-9-37/h4-8,12-15,19-20,37H,9-11,16-18H2,1-3H3,(H,32,38)/t19-,20+. The minimum absolute atomic E-state index is 0.0592. The molecule has 0 unspecified atom stereocenters. The maximum absolute atomic E-state index is 12.8. The van der Waals surface area contributed by atoms with E-state index >= 15 is 0 Å². The summed E-state index contributed by atoms with van der Waals surface area (Å²) in [4.78, 5) is 34.0. The van der Waals surface area contributed by atoms with Gasteiger partial charge in [-0.25, -0.2) is 15.0 Å². The van der Waals surface area contributed by atoms with E-state index in [1.165, 1.54) is 18.2 Å². The van der Waals surface area contributed by atoms with Crippen LogP contribution in [0.3, 0.4) is 0 Å². The van der Waals surface area contributed by atoms with Gasteiger partial charge in [0.1, 0.15) is 5.82 Å². The first kappa shape index (κ1) is 27.0. The number of hydrogen-bond donors (Lipinski definition) is 2. The summed E-state index contributed by atoms with van der Waals surface area (Å²) in [7, 11) is 0. The highest BCUT2D eigenvalue weighted by Crippen LogP contribution is 2.27. The Hall–Kier alpha value is -3.56. The third-order valence-electron chi connectivity index (χ3n) is 6.78. The Morgan fingerprint density at radius 3 is 2.64 bits per heavy atom. The van der Waals surface area contributed by atoms with Gasteiger partial charge in [-0.05, 0) is 67.6 Å². The molecule has 1 aliphatic heterocycles. The minimum Gasteiger partial charge on any atom is -0.396 e. The lowest BCUT2D eigenvalue weighted by Crippen LogP contribution is -2.39. The highest BCUT2D eigenvalue weighted by atomic mass is 32.2. The Balaban J connectivity index is 1.31. The van der Waals surface area contributed by atoms with Gasteiger partial charge in [0, 0.05) is 41.7 Å². The van der Waals surface area contributed by atoms with Crippen molar-refractivity contribution in [2.24, 2.45) is 11.8 Å². The molecule has 8 nitrogen and oxygen atoms in total. The van der Waals surface area contributed by atoms with E-state index in [1.807, 2.05) is 31.2 Å². The molecule has 2 N–H and O–H groups in total. The number of thioether (sulfide) groups is 1. The van der Waals surface area contributed by atoms with Gasteiger partial charge in [-0.3, -0.25) is 9.78 Å². The van der Waals surface area contributed by atoms with E-state index in [2.05, 4.69) is 46.2 Å². The molecule has 0 radical (unpaired) electrons. The topological polar surface area (TPSA) is 104 Å². The summed E-state index contributed by atoms with van der Waals surface area (Å²) in [6.07, 6.45) is 3.04. The van der Waals surface area contributed by atoms with Crippen LogP contribution in [-0.4, -0.2) is 56.4 Å². The Labute approximate surface area is 233 Å². The quantitative estimate of drug-likeness (QED) is 0.303. The van der Waals surface area contributed by atoms with Gasteiger partial charge in [0.05, 0.1) is 40.8 Å². The predicted octanol–water partition coefficient (Wildman–Crippen LogP) is 4.89. The molecule has 202 valence electrons. The van der Waals surface area contributed by atoms with Crippen LogP contribution in [0.2, 0.25) is 0 Å². The summed E-state index contributed by atoms with van der Waals surface area (Å²) in [6.45, 7) is 8.84. The predicted molar refractivity (Wildman–Crippen MR) is 156 cm³/mol. The summed E-state index contributed by atoms with van der Waals surface area (Å²) >= 11 is 1.42. The molecule has 0 bridgehead atoms. The van der Waals surface area contributed by atoms with Crippen LogP contribution >= 0.6 is 11.8 Å². The summed E-state index contributed by atoms with van der Waals surface area (Å²) in [5, 5.41) is 13.7. The summed E-state index contributed by atoms with van der Waals surface area (Å²) in [6, 6.07) is 15.5. The van der Waals surface area contributed by atoms with Crippen LogP contribution in [0, 0.1) is 18.8 Å². The molecule has 1 amide bonds. The van der Waals surface area contributed by atoms with Gasteiger partial charge >= 0.3 is 0 Å². The number of anilines is 1. The number of aromatic nitrogens is 4. The molecule has 0 saturated carbocycles. The van der Waals surface area contributed by atoms with Crippen molar-refractivity contribution in [3.05, 3.63) is 71.7 Å². The SMILES string of the molecule is Cc1cc(C(=O)NCc2cc3nc(-c4cccc(N5C[C@H](C)C[C@H](C)C5)n4)ccc3cn2)cc(SCCO)n1. The zero-order valence-electron chi connectivity index (χ0n) is 22.6. The van der Waals surface area contributed by atoms with Crippen molar-refractivity contribution in [1.29, 1.82) is 0 Å². The first-order valence-corrected chi connectivity index (χ1v) is 14.3. The van der Waals surface area contributed by atoms with Crippen LogP contribution in [0.1, 0.15) is 42.0 Å². The number of piperidine rings is 1. The van der Waals surface area contributed by atoms with Gasteiger partial charge in [0.25, 0.3) is 5.91 Å². The van der Waals surface area contributed by atoms with Crippen LogP contribution in [0.15, 0.2) is 59.8 Å². The van der Waals surface area contributed by atoms with Crippen molar-refractivity contribution >= 4 is 34.4 Å². The number of rotatable bonds is 8. The minimum atomic E-state index is -0.197. The summed E-state index contributed by atoms with van der Waals surface area (Å²) in [5.41, 5.74) is 4.47. The van der Waals surface area contributed by atoms with Crippen LogP contribution in [0.4, 0.5) is 5.82 Å². The van der Waals surface area contributed by atoms with Gasteiger partial charge in [0.15, 0.2) is 0 Å². The average molecular weight is 543 g/mol. The lowest BCUT2D eigenvalue weighted by molar-refractivity contribution is 0.0950. The van der Waals surface area contributed by atoms with Crippen LogP contribution in [-0.2, 0) is 6.54 Å². The fourth-order valence-corrected chi connectivity index (χ4v) is 5.87. The maximum Gasteiger partial charge on any atom is 0.251 e. The molecule has 9 heteroatoms. The second-order valence-electron chi connectivity index (χ2n) is 10.4. The fourth-order valence-electron chi connectivity index (χ4n) is 5.16. The Kier molecular flexibility index (Phi) is 8.38.